The van der Waals surface area contributed by atoms with Gasteiger partial charge in [-0.05, 0) is 12.8 Å². The molecule has 2 unspecified atom stereocenters. The number of aromatic nitrogens is 1. The molecule has 4 nitrogen and oxygen atoms in total. The van der Waals surface area contributed by atoms with Gasteiger partial charge in [-0.2, -0.15) is 0 Å². The summed E-state index contributed by atoms with van der Waals surface area (Å²) >= 11 is 7.27. The van der Waals surface area contributed by atoms with E-state index in [9.17, 15) is 9.59 Å². The van der Waals surface area contributed by atoms with Crippen LogP contribution in [0.25, 0.3) is 0 Å². The monoisotopic (exact) mass is 284 g/mol. The highest BCUT2D eigenvalue weighted by atomic mass is 35.5. The average molecular weight is 285 g/mol. The van der Waals surface area contributed by atoms with Gasteiger partial charge in [0.25, 0.3) is 0 Å². The molecule has 0 radical (unpaired) electrons. The van der Waals surface area contributed by atoms with Crippen LogP contribution in [-0.4, -0.2) is 28.2 Å². The Kier molecular flexibility index (Phi) is 3.11. The smallest absolute Gasteiger partial charge is 0.233 e. The van der Waals surface area contributed by atoms with E-state index in [0.29, 0.717) is 12.4 Å². The lowest BCUT2D eigenvalue weighted by Crippen LogP contribution is -2.33. The predicted molar refractivity (Wildman–Crippen MR) is 68.3 cm³/mol. The first-order valence-electron chi connectivity index (χ1n) is 6.05. The van der Waals surface area contributed by atoms with E-state index in [1.165, 1.54) is 4.90 Å². The summed E-state index contributed by atoms with van der Waals surface area (Å²) in [6, 6.07) is 0. The van der Waals surface area contributed by atoms with Crippen molar-refractivity contribution in [3.63, 3.8) is 0 Å². The van der Waals surface area contributed by atoms with Crippen molar-refractivity contribution in [2.75, 3.05) is 6.54 Å². The topological polar surface area (TPSA) is 50.3 Å². The number of carbonyl (C=O) groups is 2. The zero-order valence-corrected chi connectivity index (χ0v) is 11.3. The standard InChI is InChI=1S/C12H13ClN2O2S/c13-5-7-6-18-10(14-7)2-1-3-15-11(16)8-4-9(8)12(15)17/h6,8-9H,1-5H2. The molecule has 96 valence electrons. The van der Waals surface area contributed by atoms with Crippen LogP contribution in [0, 0.1) is 11.8 Å². The second-order valence-corrected chi connectivity index (χ2v) is 5.96. The average Bonchev–Trinajstić information content (AvgIpc) is 2.98. The minimum atomic E-state index is 0.0141. The number of nitrogens with zero attached hydrogens (tertiary/aromatic N) is 2. The summed E-state index contributed by atoms with van der Waals surface area (Å²) in [5.41, 5.74) is 0.895. The number of piperidine rings is 1. The van der Waals surface area contributed by atoms with Gasteiger partial charge in [0, 0.05) is 18.3 Å². The van der Waals surface area contributed by atoms with Crippen molar-refractivity contribution in [1.29, 1.82) is 0 Å². The highest BCUT2D eigenvalue weighted by Gasteiger charge is 2.58. The molecule has 3 rings (SSSR count). The summed E-state index contributed by atoms with van der Waals surface area (Å²) < 4.78 is 0. The molecule has 2 aliphatic rings. The predicted octanol–water partition coefficient (Wildman–Crippen LogP) is 1.82. The number of alkyl halides is 1. The number of aryl methyl sites for hydroxylation is 1. The minimum absolute atomic E-state index is 0.0141. The van der Waals surface area contributed by atoms with Crippen molar-refractivity contribution in [3.05, 3.63) is 16.1 Å². The Morgan fingerprint density at radius 1 is 1.39 bits per heavy atom. The van der Waals surface area contributed by atoms with Gasteiger partial charge in [0.05, 0.1) is 28.4 Å². The number of amides is 2. The summed E-state index contributed by atoms with van der Waals surface area (Å²) in [6.45, 7) is 0.528. The summed E-state index contributed by atoms with van der Waals surface area (Å²) in [5.74, 6) is 0.528. The molecule has 1 aliphatic heterocycles. The number of thiazole rings is 1. The molecule has 2 heterocycles. The van der Waals surface area contributed by atoms with E-state index in [2.05, 4.69) is 4.98 Å². The van der Waals surface area contributed by atoms with Crippen LogP contribution in [0.5, 0.6) is 0 Å². The summed E-state index contributed by atoms with van der Waals surface area (Å²) in [7, 11) is 0. The molecule has 1 aliphatic carbocycles. The molecule has 0 bridgehead atoms. The van der Waals surface area contributed by atoms with Gasteiger partial charge in [-0.1, -0.05) is 0 Å². The van der Waals surface area contributed by atoms with Crippen LogP contribution < -0.4 is 0 Å². The first kappa shape index (κ1) is 12.1. The number of halogens is 1. The molecule has 1 aromatic rings. The molecule has 2 amide bonds. The number of rotatable bonds is 5. The normalized spacial score (nSPS) is 25.7. The molecular weight excluding hydrogens is 272 g/mol. The van der Waals surface area contributed by atoms with Gasteiger partial charge in [-0.3, -0.25) is 14.5 Å². The van der Waals surface area contributed by atoms with E-state index in [0.717, 1.165) is 30.0 Å². The van der Waals surface area contributed by atoms with E-state index in [1.54, 1.807) is 11.3 Å². The Morgan fingerprint density at radius 3 is 2.72 bits per heavy atom. The number of likely N-dealkylation sites (tertiary alicyclic amines) is 1. The molecule has 2 fully saturated rings. The fraction of sp³-hybridized carbons (Fsp3) is 0.583. The fourth-order valence-electron chi connectivity index (χ4n) is 2.38. The SMILES string of the molecule is O=C1C2CC2C(=O)N1CCCc1nc(CCl)cs1. The third kappa shape index (κ3) is 2.06. The van der Waals surface area contributed by atoms with Gasteiger partial charge < -0.3 is 0 Å². The number of fused-ring (bicyclic) bond motifs is 1. The summed E-state index contributed by atoms with van der Waals surface area (Å²) in [6.07, 6.45) is 2.36. The van der Waals surface area contributed by atoms with Gasteiger partial charge >= 0.3 is 0 Å². The van der Waals surface area contributed by atoms with Crippen LogP contribution in [-0.2, 0) is 21.9 Å². The van der Waals surface area contributed by atoms with Crippen LogP contribution in [0.1, 0.15) is 23.5 Å². The molecule has 1 saturated heterocycles. The van der Waals surface area contributed by atoms with E-state index in [4.69, 9.17) is 11.6 Å². The first-order chi connectivity index (χ1) is 8.70. The molecule has 1 saturated carbocycles. The maximum absolute atomic E-state index is 11.7. The lowest BCUT2D eigenvalue weighted by atomic mass is 10.3. The maximum atomic E-state index is 11.7. The highest BCUT2D eigenvalue weighted by molar-refractivity contribution is 7.09. The van der Waals surface area contributed by atoms with Crippen molar-refractivity contribution < 1.29 is 9.59 Å². The van der Waals surface area contributed by atoms with Crippen molar-refractivity contribution in [3.8, 4) is 0 Å². The molecule has 0 spiro atoms. The summed E-state index contributed by atoms with van der Waals surface area (Å²) in [5, 5.41) is 2.97. The van der Waals surface area contributed by atoms with Crippen LogP contribution in [0.4, 0.5) is 0 Å². The maximum Gasteiger partial charge on any atom is 0.233 e. The zero-order valence-electron chi connectivity index (χ0n) is 9.76. The Labute approximate surface area is 114 Å². The molecule has 18 heavy (non-hydrogen) atoms. The van der Waals surface area contributed by atoms with Crippen LogP contribution in [0.2, 0.25) is 0 Å². The number of hydrogen-bond donors (Lipinski definition) is 0. The molecule has 2 atom stereocenters. The third-order valence-corrected chi connectivity index (χ3v) is 4.70. The minimum Gasteiger partial charge on any atom is -0.282 e. The molecule has 0 aromatic carbocycles. The number of hydrogen-bond acceptors (Lipinski definition) is 4. The third-order valence-electron chi connectivity index (χ3n) is 3.47. The van der Waals surface area contributed by atoms with Crippen molar-refractivity contribution >= 4 is 34.8 Å². The fourth-order valence-corrected chi connectivity index (χ4v) is 3.45. The Morgan fingerprint density at radius 2 is 2.11 bits per heavy atom. The zero-order chi connectivity index (χ0) is 12.7. The largest absolute Gasteiger partial charge is 0.282 e. The van der Waals surface area contributed by atoms with E-state index in [-0.39, 0.29) is 23.7 Å². The molecule has 0 N–H and O–H groups in total. The van der Waals surface area contributed by atoms with E-state index < -0.39 is 0 Å². The van der Waals surface area contributed by atoms with E-state index >= 15 is 0 Å². The molecular formula is C12H13ClN2O2S. The quantitative estimate of drug-likeness (QED) is 0.612. The van der Waals surface area contributed by atoms with Crippen molar-refractivity contribution in [2.24, 2.45) is 11.8 Å². The second-order valence-electron chi connectivity index (χ2n) is 4.75. The Balaban J connectivity index is 1.50. The van der Waals surface area contributed by atoms with E-state index in [1.807, 2.05) is 5.38 Å². The number of imide groups is 1. The van der Waals surface area contributed by atoms with Gasteiger partial charge in [0.1, 0.15) is 0 Å². The van der Waals surface area contributed by atoms with Gasteiger partial charge in [0.15, 0.2) is 0 Å². The first-order valence-corrected chi connectivity index (χ1v) is 7.46. The summed E-state index contributed by atoms with van der Waals surface area (Å²) in [4.78, 5) is 29.2. The lowest BCUT2D eigenvalue weighted by molar-refractivity contribution is -0.141. The molecule has 6 heteroatoms. The number of carbonyl (C=O) groups excluding carboxylic acids is 2. The van der Waals surface area contributed by atoms with Gasteiger partial charge in [-0.15, -0.1) is 22.9 Å². The highest BCUT2D eigenvalue weighted by Crippen LogP contribution is 2.46. The molecule has 1 aromatic heterocycles. The lowest BCUT2D eigenvalue weighted by Gasteiger charge is -2.15. The Bertz CT molecular complexity index is 482. The van der Waals surface area contributed by atoms with Gasteiger partial charge in [-0.25, -0.2) is 4.98 Å². The Hall–Kier alpha value is -0.940. The van der Waals surface area contributed by atoms with Gasteiger partial charge in [0.2, 0.25) is 11.8 Å². The second kappa shape index (κ2) is 4.63. The van der Waals surface area contributed by atoms with Crippen molar-refractivity contribution in [1.82, 2.24) is 9.88 Å². The van der Waals surface area contributed by atoms with Crippen LogP contribution in [0.3, 0.4) is 0 Å². The van der Waals surface area contributed by atoms with Crippen LogP contribution >= 0.6 is 22.9 Å². The van der Waals surface area contributed by atoms with Crippen molar-refractivity contribution in [2.45, 2.75) is 25.1 Å². The van der Waals surface area contributed by atoms with Crippen LogP contribution in [0.15, 0.2) is 5.38 Å².